The second-order valence-corrected chi connectivity index (χ2v) is 7.69. The maximum Gasteiger partial charge on any atom is 0.257 e. The molecule has 29 heavy (non-hydrogen) atoms. The lowest BCUT2D eigenvalue weighted by Gasteiger charge is -2.23. The molecule has 6 nitrogen and oxygen atoms in total. The van der Waals surface area contributed by atoms with Gasteiger partial charge in [0.05, 0.1) is 5.56 Å². The summed E-state index contributed by atoms with van der Waals surface area (Å²) in [5, 5.41) is 2.99. The highest BCUT2D eigenvalue weighted by Crippen LogP contribution is 2.18. The summed E-state index contributed by atoms with van der Waals surface area (Å²) in [5.74, 6) is 1.20. The Morgan fingerprint density at radius 2 is 1.86 bits per heavy atom. The Morgan fingerprint density at radius 1 is 1.14 bits per heavy atom. The molecule has 1 fully saturated rings. The van der Waals surface area contributed by atoms with Gasteiger partial charge in [0.15, 0.2) is 0 Å². The highest BCUT2D eigenvalue weighted by molar-refractivity contribution is 5.95. The lowest BCUT2D eigenvalue weighted by Crippen LogP contribution is -2.37. The molecule has 1 aromatic carbocycles. The SMILES string of the molecule is Cc1cc(C(=O)N(CCC(=O)NCCN2CCCC2)Cc2ccccc2)c(C)o1. The second-order valence-electron chi connectivity index (χ2n) is 7.69. The van der Waals surface area contributed by atoms with Crippen LogP contribution in [0.1, 0.15) is 46.7 Å². The van der Waals surface area contributed by atoms with Crippen LogP contribution in [-0.2, 0) is 11.3 Å². The monoisotopic (exact) mass is 397 g/mol. The van der Waals surface area contributed by atoms with E-state index in [4.69, 9.17) is 4.42 Å². The molecule has 2 aromatic rings. The lowest BCUT2D eigenvalue weighted by atomic mass is 10.1. The van der Waals surface area contributed by atoms with E-state index in [0.717, 1.165) is 25.2 Å². The summed E-state index contributed by atoms with van der Waals surface area (Å²) in [6.45, 7) is 8.26. The number of nitrogens with one attached hydrogen (secondary N) is 1. The molecule has 1 N–H and O–H groups in total. The topological polar surface area (TPSA) is 65.8 Å². The van der Waals surface area contributed by atoms with Crippen LogP contribution in [0.4, 0.5) is 0 Å². The zero-order valence-electron chi connectivity index (χ0n) is 17.4. The molecule has 156 valence electrons. The fraction of sp³-hybridized carbons (Fsp3) is 0.478. The molecular weight excluding hydrogens is 366 g/mol. The lowest BCUT2D eigenvalue weighted by molar-refractivity contribution is -0.121. The van der Waals surface area contributed by atoms with Crippen molar-refractivity contribution in [1.82, 2.24) is 15.1 Å². The van der Waals surface area contributed by atoms with Gasteiger partial charge in [-0.15, -0.1) is 0 Å². The fourth-order valence-corrected chi connectivity index (χ4v) is 3.75. The zero-order chi connectivity index (χ0) is 20.6. The number of nitrogens with zero attached hydrogens (tertiary/aromatic N) is 2. The minimum atomic E-state index is -0.104. The molecule has 6 heteroatoms. The highest BCUT2D eigenvalue weighted by Gasteiger charge is 2.21. The van der Waals surface area contributed by atoms with Gasteiger partial charge in [0, 0.05) is 32.6 Å². The van der Waals surface area contributed by atoms with Crippen LogP contribution in [0.3, 0.4) is 0 Å². The number of carbonyl (C=O) groups is 2. The molecule has 2 heterocycles. The number of aryl methyl sites for hydroxylation is 2. The summed E-state index contributed by atoms with van der Waals surface area (Å²) in [7, 11) is 0. The Kier molecular flexibility index (Phi) is 7.47. The number of hydrogen-bond donors (Lipinski definition) is 1. The molecule has 1 aromatic heterocycles. The first kappa shape index (κ1) is 21.1. The van der Waals surface area contributed by atoms with Crippen molar-refractivity contribution in [1.29, 1.82) is 0 Å². The van der Waals surface area contributed by atoms with Crippen molar-refractivity contribution in [3.63, 3.8) is 0 Å². The Labute approximate surface area is 172 Å². The first-order valence-electron chi connectivity index (χ1n) is 10.4. The van der Waals surface area contributed by atoms with Crippen LogP contribution in [0.5, 0.6) is 0 Å². The van der Waals surface area contributed by atoms with Gasteiger partial charge in [0.25, 0.3) is 5.91 Å². The summed E-state index contributed by atoms with van der Waals surface area (Å²) in [6.07, 6.45) is 2.78. The predicted octanol–water partition coefficient (Wildman–Crippen LogP) is 3.14. The first-order valence-corrected chi connectivity index (χ1v) is 10.4. The van der Waals surface area contributed by atoms with Gasteiger partial charge >= 0.3 is 0 Å². The minimum absolute atomic E-state index is 0.0184. The molecule has 1 saturated heterocycles. The summed E-state index contributed by atoms with van der Waals surface area (Å²) in [5.41, 5.74) is 1.60. The van der Waals surface area contributed by atoms with E-state index >= 15 is 0 Å². The standard InChI is InChI=1S/C23H31N3O3/c1-18-16-21(19(2)29-18)23(28)26(17-20-8-4-3-5-9-20)14-10-22(27)24-11-15-25-12-6-7-13-25/h3-5,8-9,16H,6-7,10-15,17H2,1-2H3,(H,24,27). The minimum Gasteiger partial charge on any atom is -0.466 e. The number of benzene rings is 1. The molecule has 0 saturated carbocycles. The van der Waals surface area contributed by atoms with Gasteiger partial charge in [-0.2, -0.15) is 0 Å². The predicted molar refractivity (Wildman–Crippen MR) is 113 cm³/mol. The van der Waals surface area contributed by atoms with Crippen molar-refractivity contribution in [2.45, 2.75) is 39.7 Å². The molecule has 0 aliphatic carbocycles. The fourth-order valence-electron chi connectivity index (χ4n) is 3.75. The maximum atomic E-state index is 13.1. The van der Waals surface area contributed by atoms with Crippen LogP contribution in [0, 0.1) is 13.8 Å². The Morgan fingerprint density at radius 3 is 2.52 bits per heavy atom. The van der Waals surface area contributed by atoms with Gasteiger partial charge in [0.2, 0.25) is 5.91 Å². The molecule has 0 atom stereocenters. The van der Waals surface area contributed by atoms with Crippen LogP contribution in [0.25, 0.3) is 0 Å². The van der Waals surface area contributed by atoms with Crippen molar-refractivity contribution in [2.75, 3.05) is 32.7 Å². The Bertz CT molecular complexity index is 810. The number of furan rings is 1. The molecule has 0 spiro atoms. The number of likely N-dealkylation sites (tertiary alicyclic amines) is 1. The number of hydrogen-bond acceptors (Lipinski definition) is 4. The van der Waals surface area contributed by atoms with E-state index in [0.29, 0.717) is 36.7 Å². The van der Waals surface area contributed by atoms with Crippen molar-refractivity contribution in [2.24, 2.45) is 0 Å². The summed E-state index contributed by atoms with van der Waals surface area (Å²) in [6, 6.07) is 11.6. The quantitative estimate of drug-likeness (QED) is 0.706. The smallest absolute Gasteiger partial charge is 0.257 e. The van der Waals surface area contributed by atoms with Crippen molar-refractivity contribution >= 4 is 11.8 Å². The van der Waals surface area contributed by atoms with Crippen LogP contribution in [-0.4, -0.2) is 54.3 Å². The highest BCUT2D eigenvalue weighted by atomic mass is 16.3. The van der Waals surface area contributed by atoms with E-state index in [1.807, 2.05) is 37.3 Å². The van der Waals surface area contributed by atoms with Crippen LogP contribution < -0.4 is 5.32 Å². The average molecular weight is 398 g/mol. The van der Waals surface area contributed by atoms with E-state index in [1.165, 1.54) is 12.8 Å². The van der Waals surface area contributed by atoms with Crippen molar-refractivity contribution in [3.05, 3.63) is 59.0 Å². The van der Waals surface area contributed by atoms with Crippen LogP contribution in [0.2, 0.25) is 0 Å². The molecule has 0 radical (unpaired) electrons. The third kappa shape index (κ3) is 6.19. The van der Waals surface area contributed by atoms with E-state index < -0.39 is 0 Å². The Hall–Kier alpha value is -2.60. The first-order chi connectivity index (χ1) is 14.0. The average Bonchev–Trinajstić information content (AvgIpc) is 3.34. The van der Waals surface area contributed by atoms with Gasteiger partial charge in [-0.3, -0.25) is 9.59 Å². The summed E-state index contributed by atoms with van der Waals surface area (Å²) in [4.78, 5) is 29.5. The van der Waals surface area contributed by atoms with Gasteiger partial charge in [-0.1, -0.05) is 30.3 Å². The van der Waals surface area contributed by atoms with Gasteiger partial charge < -0.3 is 19.5 Å². The third-order valence-corrected chi connectivity index (χ3v) is 5.33. The molecule has 1 aliphatic rings. The third-order valence-electron chi connectivity index (χ3n) is 5.33. The molecule has 1 aliphatic heterocycles. The van der Waals surface area contributed by atoms with E-state index in [-0.39, 0.29) is 18.2 Å². The molecular formula is C23H31N3O3. The number of carbonyl (C=O) groups excluding carboxylic acids is 2. The maximum absolute atomic E-state index is 13.1. The van der Waals surface area contributed by atoms with Crippen molar-refractivity contribution in [3.8, 4) is 0 Å². The van der Waals surface area contributed by atoms with E-state index in [2.05, 4.69) is 10.2 Å². The second kappa shape index (κ2) is 10.3. The largest absolute Gasteiger partial charge is 0.466 e. The zero-order valence-corrected chi connectivity index (χ0v) is 17.4. The van der Waals surface area contributed by atoms with E-state index in [9.17, 15) is 9.59 Å². The molecule has 3 rings (SSSR count). The Balaban J connectivity index is 1.57. The molecule has 0 bridgehead atoms. The number of rotatable bonds is 9. The van der Waals surface area contributed by atoms with Gasteiger partial charge in [0.1, 0.15) is 11.5 Å². The summed E-state index contributed by atoms with van der Waals surface area (Å²) < 4.78 is 5.53. The summed E-state index contributed by atoms with van der Waals surface area (Å²) >= 11 is 0. The molecule has 2 amide bonds. The van der Waals surface area contributed by atoms with Crippen molar-refractivity contribution < 1.29 is 14.0 Å². The number of amides is 2. The van der Waals surface area contributed by atoms with E-state index in [1.54, 1.807) is 17.9 Å². The van der Waals surface area contributed by atoms with Crippen LogP contribution >= 0.6 is 0 Å². The van der Waals surface area contributed by atoms with Gasteiger partial charge in [-0.25, -0.2) is 0 Å². The van der Waals surface area contributed by atoms with Gasteiger partial charge in [-0.05, 0) is 51.4 Å². The van der Waals surface area contributed by atoms with Crippen LogP contribution in [0.15, 0.2) is 40.8 Å². The molecule has 0 unspecified atom stereocenters. The normalized spacial score (nSPS) is 14.1.